The average Bonchev–Trinajstić information content (AvgIpc) is 2.91. The number of nitrogens with zero attached hydrogens (tertiary/aromatic N) is 2. The van der Waals surface area contributed by atoms with Crippen LogP contribution < -0.4 is 11.1 Å². The third-order valence-electron chi connectivity index (χ3n) is 5.41. The Bertz CT molecular complexity index is 660. The van der Waals surface area contributed by atoms with Crippen LogP contribution in [0.2, 0.25) is 0 Å². The highest BCUT2D eigenvalue weighted by Gasteiger charge is 2.71. The number of carbonyl (C=O) groups excluding carboxylic acids is 2. The number of nitrogens with one attached hydrogen (secondary N) is 1. The lowest BCUT2D eigenvalue weighted by atomic mass is 9.75. The van der Waals surface area contributed by atoms with Gasteiger partial charge in [-0.15, -0.1) is 0 Å². The fourth-order valence-corrected chi connectivity index (χ4v) is 3.98. The zero-order valence-electron chi connectivity index (χ0n) is 13.6. The van der Waals surface area contributed by atoms with Crippen LogP contribution in [0.15, 0.2) is 12.3 Å². The molecule has 0 bridgehead atoms. The largest absolute Gasteiger partial charge is 0.368 e. The van der Waals surface area contributed by atoms with Crippen molar-refractivity contribution >= 4 is 11.8 Å². The van der Waals surface area contributed by atoms with E-state index in [1.807, 2.05) is 6.92 Å². The molecular formula is C16H22F2N4O2. The predicted octanol–water partition coefficient (Wildman–Crippen LogP) is 1.70. The third kappa shape index (κ3) is 2.78. The molecule has 3 N–H and O–H groups in total. The fraction of sp³-hybridized carbons (Fsp3) is 0.688. The molecule has 0 aromatic carbocycles. The molecule has 1 spiro atoms. The molecule has 2 fully saturated rings. The zero-order valence-corrected chi connectivity index (χ0v) is 13.6. The molecular weight excluding hydrogens is 318 g/mol. The molecule has 24 heavy (non-hydrogen) atoms. The number of hydrogen-bond acceptors (Lipinski definition) is 3. The summed E-state index contributed by atoms with van der Waals surface area (Å²) in [6.45, 7) is 2.35. The quantitative estimate of drug-likeness (QED) is 0.855. The highest BCUT2D eigenvalue weighted by atomic mass is 19.3. The van der Waals surface area contributed by atoms with Gasteiger partial charge in [-0.1, -0.05) is 6.42 Å². The van der Waals surface area contributed by atoms with Crippen LogP contribution in [-0.2, 0) is 11.3 Å². The van der Waals surface area contributed by atoms with Crippen LogP contribution >= 0.6 is 0 Å². The van der Waals surface area contributed by atoms with Gasteiger partial charge in [0.25, 0.3) is 11.8 Å². The summed E-state index contributed by atoms with van der Waals surface area (Å²) in [6.07, 6.45) is 3.29. The summed E-state index contributed by atoms with van der Waals surface area (Å²) in [5.74, 6) is -4.15. The SMILES string of the molecule is CCn1nccc1C(=O)N[C@H](C(N)=O)[C@H]1CCC[C@@]2(C1)CC2(F)F. The van der Waals surface area contributed by atoms with E-state index in [0.29, 0.717) is 31.5 Å². The van der Waals surface area contributed by atoms with Gasteiger partial charge in [-0.2, -0.15) is 5.10 Å². The molecule has 1 aromatic heterocycles. The van der Waals surface area contributed by atoms with Crippen LogP contribution in [-0.4, -0.2) is 33.6 Å². The van der Waals surface area contributed by atoms with Gasteiger partial charge in [-0.3, -0.25) is 14.3 Å². The normalized spacial score (nSPS) is 29.2. The van der Waals surface area contributed by atoms with E-state index < -0.39 is 29.2 Å². The van der Waals surface area contributed by atoms with E-state index >= 15 is 0 Å². The number of primary amides is 1. The molecule has 2 amide bonds. The first-order chi connectivity index (χ1) is 11.3. The van der Waals surface area contributed by atoms with Gasteiger partial charge >= 0.3 is 0 Å². The monoisotopic (exact) mass is 340 g/mol. The van der Waals surface area contributed by atoms with Gasteiger partial charge in [0, 0.05) is 24.6 Å². The lowest BCUT2D eigenvalue weighted by Crippen LogP contribution is -2.51. The van der Waals surface area contributed by atoms with Crippen molar-refractivity contribution in [1.29, 1.82) is 0 Å². The second-order valence-corrected chi connectivity index (χ2v) is 6.90. The maximum atomic E-state index is 13.7. The zero-order chi connectivity index (χ0) is 17.5. The molecule has 6 nitrogen and oxygen atoms in total. The van der Waals surface area contributed by atoms with Gasteiger partial charge in [0.15, 0.2) is 0 Å². The molecule has 132 valence electrons. The van der Waals surface area contributed by atoms with Crippen molar-refractivity contribution in [3.8, 4) is 0 Å². The Morgan fingerprint density at radius 2 is 2.25 bits per heavy atom. The van der Waals surface area contributed by atoms with E-state index in [0.717, 1.165) is 0 Å². The number of aromatic nitrogens is 2. The average molecular weight is 340 g/mol. The molecule has 2 saturated carbocycles. The molecule has 2 aliphatic carbocycles. The highest BCUT2D eigenvalue weighted by molar-refractivity contribution is 5.96. The summed E-state index contributed by atoms with van der Waals surface area (Å²) in [4.78, 5) is 24.3. The maximum absolute atomic E-state index is 13.7. The molecule has 0 unspecified atom stereocenters. The van der Waals surface area contributed by atoms with E-state index in [2.05, 4.69) is 10.4 Å². The Labute approximate surface area is 138 Å². The van der Waals surface area contributed by atoms with Gasteiger partial charge in [-0.05, 0) is 38.2 Å². The summed E-state index contributed by atoms with van der Waals surface area (Å²) in [5.41, 5.74) is 4.78. The second-order valence-electron chi connectivity index (χ2n) is 6.90. The van der Waals surface area contributed by atoms with Crippen molar-refractivity contribution in [2.45, 2.75) is 57.5 Å². The molecule has 2 aliphatic rings. The van der Waals surface area contributed by atoms with Crippen molar-refractivity contribution in [3.63, 3.8) is 0 Å². The Hall–Kier alpha value is -1.99. The van der Waals surface area contributed by atoms with E-state index in [4.69, 9.17) is 5.73 Å². The summed E-state index contributed by atoms with van der Waals surface area (Å²) in [6, 6.07) is 0.611. The molecule has 0 radical (unpaired) electrons. The van der Waals surface area contributed by atoms with E-state index in [-0.39, 0.29) is 18.8 Å². The minimum absolute atomic E-state index is 0.126. The number of nitrogens with two attached hydrogens (primary N) is 1. The van der Waals surface area contributed by atoms with Crippen molar-refractivity contribution in [1.82, 2.24) is 15.1 Å². The summed E-state index contributed by atoms with van der Waals surface area (Å²) < 4.78 is 28.9. The number of aryl methyl sites for hydroxylation is 1. The van der Waals surface area contributed by atoms with E-state index in [9.17, 15) is 18.4 Å². The van der Waals surface area contributed by atoms with Crippen molar-refractivity contribution in [2.24, 2.45) is 17.1 Å². The number of alkyl halides is 2. The number of halogens is 2. The van der Waals surface area contributed by atoms with Crippen LogP contribution in [0.1, 0.15) is 49.5 Å². The first kappa shape index (κ1) is 16.9. The second kappa shape index (κ2) is 5.82. The van der Waals surface area contributed by atoms with Crippen molar-refractivity contribution in [2.75, 3.05) is 0 Å². The molecule has 3 atom stereocenters. The Kier molecular flexibility index (Phi) is 4.09. The number of amides is 2. The minimum Gasteiger partial charge on any atom is -0.368 e. The van der Waals surface area contributed by atoms with Crippen LogP contribution in [0, 0.1) is 11.3 Å². The van der Waals surface area contributed by atoms with E-state index in [1.165, 1.54) is 10.9 Å². The summed E-state index contributed by atoms with van der Waals surface area (Å²) in [5, 5.41) is 6.65. The Morgan fingerprint density at radius 1 is 1.54 bits per heavy atom. The van der Waals surface area contributed by atoms with Crippen LogP contribution in [0.25, 0.3) is 0 Å². The van der Waals surface area contributed by atoms with Crippen LogP contribution in [0.4, 0.5) is 8.78 Å². The van der Waals surface area contributed by atoms with Gasteiger partial charge in [0.05, 0.1) is 0 Å². The third-order valence-corrected chi connectivity index (χ3v) is 5.41. The van der Waals surface area contributed by atoms with Gasteiger partial charge < -0.3 is 11.1 Å². The molecule has 0 saturated heterocycles. The molecule has 3 rings (SSSR count). The van der Waals surface area contributed by atoms with Crippen LogP contribution in [0.5, 0.6) is 0 Å². The lowest BCUT2D eigenvalue weighted by Gasteiger charge is -2.33. The van der Waals surface area contributed by atoms with Gasteiger partial charge in [0.1, 0.15) is 11.7 Å². The van der Waals surface area contributed by atoms with Gasteiger partial charge in [0.2, 0.25) is 5.91 Å². The maximum Gasteiger partial charge on any atom is 0.270 e. The number of hydrogen-bond donors (Lipinski definition) is 2. The highest BCUT2D eigenvalue weighted by Crippen LogP contribution is 2.68. The molecule has 8 heteroatoms. The number of carbonyl (C=O) groups is 2. The van der Waals surface area contributed by atoms with Gasteiger partial charge in [-0.25, -0.2) is 8.78 Å². The molecule has 1 heterocycles. The Morgan fingerprint density at radius 3 is 2.83 bits per heavy atom. The van der Waals surface area contributed by atoms with Crippen molar-refractivity contribution < 1.29 is 18.4 Å². The lowest BCUT2D eigenvalue weighted by molar-refractivity contribution is -0.121. The molecule has 0 aliphatic heterocycles. The smallest absolute Gasteiger partial charge is 0.270 e. The van der Waals surface area contributed by atoms with Crippen LogP contribution in [0.3, 0.4) is 0 Å². The Balaban J connectivity index is 1.73. The minimum atomic E-state index is -2.65. The summed E-state index contributed by atoms with van der Waals surface area (Å²) >= 11 is 0. The standard InChI is InChI=1S/C16H22F2N4O2/c1-2-22-11(5-7-20-22)14(24)21-12(13(19)23)10-4-3-6-15(8-10)9-16(15,17)18/h5,7,10,12H,2-4,6,8-9H2,1H3,(H2,19,23)(H,21,24)/t10-,12-,15+/m0/s1. The topological polar surface area (TPSA) is 90.0 Å². The fourth-order valence-electron chi connectivity index (χ4n) is 3.98. The molecule has 1 aromatic rings. The first-order valence-electron chi connectivity index (χ1n) is 8.29. The first-order valence-corrected chi connectivity index (χ1v) is 8.29. The van der Waals surface area contributed by atoms with Crippen molar-refractivity contribution in [3.05, 3.63) is 18.0 Å². The number of rotatable bonds is 5. The van der Waals surface area contributed by atoms with E-state index in [1.54, 1.807) is 6.07 Å². The predicted molar refractivity (Wildman–Crippen MR) is 82.3 cm³/mol. The summed E-state index contributed by atoms with van der Waals surface area (Å²) in [7, 11) is 0.